The maximum Gasteiger partial charge on any atom is 0.233 e. The summed E-state index contributed by atoms with van der Waals surface area (Å²) in [5.74, 6) is 0.620. The summed E-state index contributed by atoms with van der Waals surface area (Å²) in [5.41, 5.74) is 2.33. The van der Waals surface area contributed by atoms with Gasteiger partial charge in [-0.15, -0.1) is 11.8 Å². The van der Waals surface area contributed by atoms with Gasteiger partial charge in [0.2, 0.25) is 11.8 Å². The lowest BCUT2D eigenvalue weighted by atomic mass is 10.1. The van der Waals surface area contributed by atoms with Gasteiger partial charge in [0.05, 0.1) is 32.9 Å². The molecule has 0 saturated carbocycles. The second-order valence-electron chi connectivity index (χ2n) is 6.22. The Labute approximate surface area is 142 Å². The maximum atomic E-state index is 12.1. The van der Waals surface area contributed by atoms with Crippen molar-refractivity contribution in [3.05, 3.63) is 35.4 Å². The van der Waals surface area contributed by atoms with Gasteiger partial charge >= 0.3 is 0 Å². The molecule has 0 radical (unpaired) electrons. The number of quaternary nitrogens is 1. The molecule has 5 nitrogen and oxygen atoms in total. The summed E-state index contributed by atoms with van der Waals surface area (Å²) in [6.45, 7) is 4.10. The third-order valence-electron chi connectivity index (χ3n) is 3.86. The first-order valence-electron chi connectivity index (χ1n) is 8.00. The number of likely N-dealkylation sites (N-methyl/N-ethyl adjacent to an activating group) is 1. The van der Waals surface area contributed by atoms with Crippen molar-refractivity contribution in [1.82, 2.24) is 10.2 Å². The van der Waals surface area contributed by atoms with Crippen molar-refractivity contribution in [3.63, 3.8) is 0 Å². The fraction of sp³-hybridized carbons (Fsp3) is 0.529. The van der Waals surface area contributed by atoms with Gasteiger partial charge in [-0.05, 0) is 12.5 Å². The SMILES string of the molecule is Cc1ccc([C@H]2SCC(=O)N2CCC(=O)NCC[NH+](C)C)cc1. The average Bonchev–Trinajstić information content (AvgIpc) is 2.86. The van der Waals surface area contributed by atoms with E-state index in [9.17, 15) is 9.59 Å². The Morgan fingerprint density at radius 3 is 2.70 bits per heavy atom. The Balaban J connectivity index is 1.87. The molecule has 0 unspecified atom stereocenters. The van der Waals surface area contributed by atoms with E-state index in [-0.39, 0.29) is 17.2 Å². The first kappa shape index (κ1) is 17.8. The molecule has 0 bridgehead atoms. The fourth-order valence-corrected chi connectivity index (χ4v) is 3.68. The van der Waals surface area contributed by atoms with E-state index in [1.165, 1.54) is 10.5 Å². The summed E-state index contributed by atoms with van der Waals surface area (Å²) >= 11 is 1.63. The second-order valence-corrected chi connectivity index (χ2v) is 7.29. The highest BCUT2D eigenvalue weighted by atomic mass is 32.2. The zero-order valence-electron chi connectivity index (χ0n) is 14.1. The van der Waals surface area contributed by atoms with Crippen molar-refractivity contribution < 1.29 is 14.5 Å². The predicted molar refractivity (Wildman–Crippen MR) is 93.4 cm³/mol. The molecule has 0 aromatic heterocycles. The molecule has 1 saturated heterocycles. The summed E-state index contributed by atoms with van der Waals surface area (Å²) in [6, 6.07) is 8.26. The normalized spacial score (nSPS) is 17.8. The first-order valence-corrected chi connectivity index (χ1v) is 9.05. The standard InChI is InChI=1S/C17H25N3O2S/c1-13-4-6-14(7-5-13)17-20(16(22)12-23-17)10-8-15(21)18-9-11-19(2)3/h4-7,17H,8-12H2,1-3H3,(H,18,21)/p+1/t17-/m1/s1. The molecule has 0 spiro atoms. The zero-order valence-corrected chi connectivity index (χ0v) is 14.9. The number of carbonyl (C=O) groups is 2. The highest BCUT2D eigenvalue weighted by Crippen LogP contribution is 2.38. The lowest BCUT2D eigenvalue weighted by molar-refractivity contribution is -0.856. The molecular formula is C17H26N3O2S+. The van der Waals surface area contributed by atoms with Gasteiger partial charge in [-0.1, -0.05) is 29.8 Å². The highest BCUT2D eigenvalue weighted by Gasteiger charge is 2.32. The first-order chi connectivity index (χ1) is 11.0. The van der Waals surface area contributed by atoms with E-state index in [0.29, 0.717) is 25.3 Å². The molecule has 1 aliphatic heterocycles. The van der Waals surface area contributed by atoms with Crippen LogP contribution in [0.4, 0.5) is 0 Å². The van der Waals surface area contributed by atoms with Crippen LogP contribution in [-0.4, -0.2) is 56.2 Å². The number of nitrogens with zero attached hydrogens (tertiary/aromatic N) is 1. The van der Waals surface area contributed by atoms with Crippen molar-refractivity contribution in [1.29, 1.82) is 0 Å². The Morgan fingerprint density at radius 1 is 1.35 bits per heavy atom. The molecule has 2 rings (SSSR count). The molecular weight excluding hydrogens is 310 g/mol. The van der Waals surface area contributed by atoms with Crippen LogP contribution in [0.1, 0.15) is 22.9 Å². The van der Waals surface area contributed by atoms with Crippen LogP contribution in [0.3, 0.4) is 0 Å². The summed E-state index contributed by atoms with van der Waals surface area (Å²) in [5, 5.41) is 2.94. The van der Waals surface area contributed by atoms with Crippen molar-refractivity contribution in [2.24, 2.45) is 0 Å². The summed E-state index contributed by atoms with van der Waals surface area (Å²) in [6.07, 6.45) is 0.359. The van der Waals surface area contributed by atoms with Crippen LogP contribution < -0.4 is 10.2 Å². The van der Waals surface area contributed by atoms with Gasteiger partial charge in [0, 0.05) is 13.0 Å². The van der Waals surface area contributed by atoms with Gasteiger partial charge in [-0.3, -0.25) is 9.59 Å². The van der Waals surface area contributed by atoms with Gasteiger partial charge in [-0.25, -0.2) is 0 Å². The molecule has 2 amide bonds. The van der Waals surface area contributed by atoms with Crippen molar-refractivity contribution in [2.45, 2.75) is 18.7 Å². The Hall–Kier alpha value is -1.53. The van der Waals surface area contributed by atoms with Crippen molar-refractivity contribution in [3.8, 4) is 0 Å². The number of nitrogens with one attached hydrogen (secondary N) is 2. The van der Waals surface area contributed by atoms with Gasteiger partial charge in [0.1, 0.15) is 5.37 Å². The quantitative estimate of drug-likeness (QED) is 0.749. The minimum absolute atomic E-state index is 0.0126. The molecule has 6 heteroatoms. The van der Waals surface area contributed by atoms with Crippen LogP contribution in [0.25, 0.3) is 0 Å². The molecule has 1 aliphatic rings. The minimum atomic E-state index is 0.0126. The van der Waals surface area contributed by atoms with Crippen LogP contribution in [0.5, 0.6) is 0 Å². The van der Waals surface area contributed by atoms with Gasteiger partial charge in [-0.2, -0.15) is 0 Å². The predicted octanol–water partition coefficient (Wildman–Crippen LogP) is 0.220. The number of benzene rings is 1. The number of hydrogen-bond acceptors (Lipinski definition) is 3. The van der Waals surface area contributed by atoms with E-state index in [0.717, 1.165) is 12.1 Å². The third-order valence-corrected chi connectivity index (χ3v) is 5.11. The van der Waals surface area contributed by atoms with E-state index in [2.05, 4.69) is 43.7 Å². The van der Waals surface area contributed by atoms with Crippen LogP contribution in [-0.2, 0) is 9.59 Å². The lowest BCUT2D eigenvalue weighted by Crippen LogP contribution is -3.06. The molecule has 23 heavy (non-hydrogen) atoms. The highest BCUT2D eigenvalue weighted by molar-refractivity contribution is 8.00. The second kappa shape index (κ2) is 8.36. The summed E-state index contributed by atoms with van der Waals surface area (Å²) in [4.78, 5) is 27.1. The third kappa shape index (κ3) is 5.25. The van der Waals surface area contributed by atoms with Crippen LogP contribution in [0.15, 0.2) is 24.3 Å². The molecule has 126 valence electrons. The summed E-state index contributed by atoms with van der Waals surface area (Å²) in [7, 11) is 4.11. The van der Waals surface area contributed by atoms with Crippen LogP contribution in [0, 0.1) is 6.92 Å². The van der Waals surface area contributed by atoms with E-state index in [4.69, 9.17) is 0 Å². The Morgan fingerprint density at radius 2 is 2.04 bits per heavy atom. The number of carbonyl (C=O) groups excluding carboxylic acids is 2. The maximum absolute atomic E-state index is 12.1. The molecule has 1 heterocycles. The van der Waals surface area contributed by atoms with E-state index < -0.39 is 0 Å². The lowest BCUT2D eigenvalue weighted by Gasteiger charge is -2.24. The van der Waals surface area contributed by atoms with Crippen molar-refractivity contribution in [2.75, 3.05) is 39.5 Å². The smallest absolute Gasteiger partial charge is 0.233 e. The molecule has 1 fully saturated rings. The van der Waals surface area contributed by atoms with Gasteiger partial charge in [0.25, 0.3) is 0 Å². The number of rotatable bonds is 7. The molecule has 1 atom stereocenters. The number of hydrogen-bond donors (Lipinski definition) is 2. The van der Waals surface area contributed by atoms with Gasteiger partial charge < -0.3 is 15.1 Å². The average molecular weight is 336 g/mol. The fourth-order valence-electron chi connectivity index (χ4n) is 2.47. The largest absolute Gasteiger partial charge is 0.350 e. The number of amides is 2. The minimum Gasteiger partial charge on any atom is -0.350 e. The number of thioether (sulfide) groups is 1. The molecule has 1 aromatic carbocycles. The van der Waals surface area contributed by atoms with E-state index in [1.807, 2.05) is 11.8 Å². The van der Waals surface area contributed by atoms with Crippen LogP contribution in [0.2, 0.25) is 0 Å². The Bertz CT molecular complexity index is 545. The number of aryl methyl sites for hydroxylation is 1. The van der Waals surface area contributed by atoms with E-state index in [1.54, 1.807) is 11.8 Å². The van der Waals surface area contributed by atoms with Gasteiger partial charge in [0.15, 0.2) is 0 Å². The summed E-state index contributed by atoms with van der Waals surface area (Å²) < 4.78 is 0. The topological polar surface area (TPSA) is 53.9 Å². The molecule has 2 N–H and O–H groups in total. The molecule has 1 aromatic rings. The monoisotopic (exact) mass is 336 g/mol. The molecule has 0 aliphatic carbocycles. The van der Waals surface area contributed by atoms with E-state index >= 15 is 0 Å². The van der Waals surface area contributed by atoms with Crippen molar-refractivity contribution >= 4 is 23.6 Å². The Kier molecular flexibility index (Phi) is 6.47. The zero-order chi connectivity index (χ0) is 16.8. The van der Waals surface area contributed by atoms with Crippen LogP contribution >= 0.6 is 11.8 Å².